The lowest BCUT2D eigenvalue weighted by Gasteiger charge is -2.27. The molecule has 1 aromatic heterocycles. The highest BCUT2D eigenvalue weighted by molar-refractivity contribution is 7.09. The predicted octanol–water partition coefficient (Wildman–Crippen LogP) is 3.63. The molecule has 0 aliphatic heterocycles. The number of nitrogens with one attached hydrogen (secondary N) is 2. The summed E-state index contributed by atoms with van der Waals surface area (Å²) in [6.45, 7) is 8.49. The van der Waals surface area contributed by atoms with Crippen LogP contribution in [0.3, 0.4) is 0 Å². The van der Waals surface area contributed by atoms with E-state index in [0.717, 1.165) is 34.5 Å². The van der Waals surface area contributed by atoms with Crippen molar-refractivity contribution >= 4 is 17.3 Å². The van der Waals surface area contributed by atoms with E-state index in [-0.39, 0.29) is 6.04 Å². The molecule has 0 saturated heterocycles. The van der Waals surface area contributed by atoms with Gasteiger partial charge in [0.1, 0.15) is 10.8 Å². The van der Waals surface area contributed by atoms with Crippen molar-refractivity contribution in [2.45, 2.75) is 39.3 Å². The number of benzene rings is 1. The van der Waals surface area contributed by atoms with E-state index in [1.165, 1.54) is 0 Å². The minimum atomic E-state index is 0.160. The molecule has 2 rings (SSSR count). The average molecular weight is 404 g/mol. The highest BCUT2D eigenvalue weighted by Crippen LogP contribution is 2.27. The van der Waals surface area contributed by atoms with Gasteiger partial charge in [0.25, 0.3) is 0 Å². The summed E-state index contributed by atoms with van der Waals surface area (Å²) in [5, 5.41) is 9.95. The molecule has 28 heavy (non-hydrogen) atoms. The number of hydrogen-bond acceptors (Lipinski definition) is 5. The van der Waals surface area contributed by atoms with Crippen LogP contribution in [0.25, 0.3) is 0 Å². The molecule has 0 spiro atoms. The molecule has 6 nitrogen and oxygen atoms in total. The molecule has 2 N–H and O–H groups in total. The van der Waals surface area contributed by atoms with Crippen LogP contribution in [0.4, 0.5) is 0 Å². The van der Waals surface area contributed by atoms with Crippen molar-refractivity contribution in [2.75, 3.05) is 34.3 Å². The van der Waals surface area contributed by atoms with Crippen LogP contribution in [-0.4, -0.2) is 50.1 Å². The van der Waals surface area contributed by atoms with Gasteiger partial charge < -0.3 is 20.3 Å². The number of guanidine groups is 1. The molecule has 7 heteroatoms. The van der Waals surface area contributed by atoms with Gasteiger partial charge in [0, 0.05) is 24.0 Å². The Hall–Kier alpha value is -2.12. The summed E-state index contributed by atoms with van der Waals surface area (Å²) >= 11 is 1.67. The molecule has 1 atom stereocenters. The lowest BCUT2D eigenvalue weighted by Crippen LogP contribution is -2.41. The molecule has 0 aliphatic rings. The molecular weight excluding hydrogens is 370 g/mol. The van der Waals surface area contributed by atoms with Gasteiger partial charge in [-0.2, -0.15) is 0 Å². The Morgan fingerprint density at radius 1 is 1.25 bits per heavy atom. The van der Waals surface area contributed by atoms with Gasteiger partial charge in [-0.25, -0.2) is 9.98 Å². The Labute approximate surface area is 173 Å². The maximum atomic E-state index is 5.55. The zero-order chi connectivity index (χ0) is 20.5. The van der Waals surface area contributed by atoms with Gasteiger partial charge in [-0.3, -0.25) is 0 Å². The second-order valence-electron chi connectivity index (χ2n) is 7.12. The van der Waals surface area contributed by atoms with Crippen molar-refractivity contribution in [3.05, 3.63) is 45.9 Å². The van der Waals surface area contributed by atoms with Crippen molar-refractivity contribution in [2.24, 2.45) is 4.99 Å². The molecule has 0 radical (unpaired) electrons. The number of nitrogens with zero attached hydrogens (tertiary/aromatic N) is 3. The van der Waals surface area contributed by atoms with Crippen LogP contribution >= 0.6 is 11.3 Å². The van der Waals surface area contributed by atoms with E-state index in [2.05, 4.69) is 66.8 Å². The van der Waals surface area contributed by atoms with Crippen LogP contribution in [-0.2, 0) is 6.54 Å². The molecule has 154 valence electrons. The first-order valence-corrected chi connectivity index (χ1v) is 10.6. The van der Waals surface area contributed by atoms with Crippen LogP contribution in [0.5, 0.6) is 5.75 Å². The maximum absolute atomic E-state index is 5.55. The molecule has 0 bridgehead atoms. The number of aromatic nitrogens is 1. The zero-order valence-electron chi connectivity index (χ0n) is 17.8. The summed E-state index contributed by atoms with van der Waals surface area (Å²) in [5.41, 5.74) is 2.29. The first kappa shape index (κ1) is 22.2. The van der Waals surface area contributed by atoms with E-state index in [0.29, 0.717) is 19.0 Å². The summed E-state index contributed by atoms with van der Waals surface area (Å²) in [4.78, 5) is 11.6. The SMILES string of the molecule is CCNC(=NCc1nc(C(C)C)cs1)NCC(c1ccccc1OC)N(C)C. The maximum Gasteiger partial charge on any atom is 0.191 e. The molecule has 0 aliphatic carbocycles. The second-order valence-corrected chi connectivity index (χ2v) is 8.06. The molecule has 0 fully saturated rings. The lowest BCUT2D eigenvalue weighted by atomic mass is 10.0. The van der Waals surface area contributed by atoms with E-state index in [9.17, 15) is 0 Å². The van der Waals surface area contributed by atoms with Crippen LogP contribution in [0, 0.1) is 0 Å². The Bertz CT molecular complexity index is 757. The van der Waals surface area contributed by atoms with Gasteiger partial charge in [-0.1, -0.05) is 32.0 Å². The van der Waals surface area contributed by atoms with Gasteiger partial charge in [0.05, 0.1) is 25.4 Å². The summed E-state index contributed by atoms with van der Waals surface area (Å²) in [6.07, 6.45) is 0. The fourth-order valence-corrected chi connectivity index (χ4v) is 3.74. The van der Waals surface area contributed by atoms with Gasteiger partial charge in [0.2, 0.25) is 0 Å². The van der Waals surface area contributed by atoms with E-state index in [4.69, 9.17) is 9.73 Å². The van der Waals surface area contributed by atoms with Crippen LogP contribution in [0.2, 0.25) is 0 Å². The quantitative estimate of drug-likeness (QED) is 0.494. The predicted molar refractivity (Wildman–Crippen MR) is 118 cm³/mol. The van der Waals surface area contributed by atoms with Crippen LogP contribution in [0.15, 0.2) is 34.6 Å². The topological polar surface area (TPSA) is 61.8 Å². The Morgan fingerprint density at radius 3 is 2.61 bits per heavy atom. The van der Waals surface area contributed by atoms with E-state index in [1.807, 2.05) is 18.2 Å². The number of ether oxygens (including phenoxy) is 1. The summed E-state index contributed by atoms with van der Waals surface area (Å²) < 4.78 is 5.55. The Kier molecular flexibility index (Phi) is 8.73. The molecular formula is C21H33N5OS. The normalized spacial score (nSPS) is 13.1. The highest BCUT2D eigenvalue weighted by Gasteiger charge is 2.18. The van der Waals surface area contributed by atoms with E-state index >= 15 is 0 Å². The molecule has 0 amide bonds. The lowest BCUT2D eigenvalue weighted by molar-refractivity contribution is 0.287. The van der Waals surface area contributed by atoms with Crippen molar-refractivity contribution in [1.82, 2.24) is 20.5 Å². The minimum Gasteiger partial charge on any atom is -0.496 e. The second kappa shape index (κ2) is 11.0. The minimum absolute atomic E-state index is 0.160. The third-order valence-electron chi connectivity index (χ3n) is 4.46. The van der Waals surface area contributed by atoms with Gasteiger partial charge >= 0.3 is 0 Å². The van der Waals surface area contributed by atoms with Crippen molar-refractivity contribution < 1.29 is 4.74 Å². The van der Waals surface area contributed by atoms with Gasteiger partial charge in [0.15, 0.2) is 5.96 Å². The number of para-hydroxylation sites is 1. The first-order chi connectivity index (χ1) is 13.5. The van der Waals surface area contributed by atoms with Crippen LogP contribution in [0.1, 0.15) is 49.0 Å². The highest BCUT2D eigenvalue weighted by atomic mass is 32.1. The molecule has 0 saturated carbocycles. The summed E-state index contributed by atoms with van der Waals surface area (Å²) in [7, 11) is 5.86. The molecule has 1 aromatic carbocycles. The number of thiazole rings is 1. The molecule has 1 unspecified atom stereocenters. The smallest absolute Gasteiger partial charge is 0.191 e. The number of aliphatic imine (C=N–C) groups is 1. The van der Waals surface area contributed by atoms with Crippen molar-refractivity contribution in [3.63, 3.8) is 0 Å². The van der Waals surface area contributed by atoms with E-state index in [1.54, 1.807) is 18.4 Å². The van der Waals surface area contributed by atoms with Crippen molar-refractivity contribution in [3.8, 4) is 5.75 Å². The molecule has 1 heterocycles. The number of hydrogen-bond donors (Lipinski definition) is 2. The Balaban J connectivity index is 2.08. The summed E-state index contributed by atoms with van der Waals surface area (Å²) in [5.74, 6) is 2.14. The number of methoxy groups -OCH3 is 1. The largest absolute Gasteiger partial charge is 0.496 e. The Morgan fingerprint density at radius 2 is 2.00 bits per heavy atom. The van der Waals surface area contributed by atoms with Crippen LogP contribution < -0.4 is 15.4 Å². The molecule has 2 aromatic rings. The fourth-order valence-electron chi connectivity index (χ4n) is 2.86. The standard InChI is InChI=1S/C21H33N5OS/c1-7-22-21(24-13-20-25-17(14-28-20)15(2)3)23-12-18(26(4)5)16-10-8-9-11-19(16)27-6/h8-11,14-15,18H,7,12-13H2,1-6H3,(H2,22,23,24). The zero-order valence-corrected chi connectivity index (χ0v) is 18.6. The van der Waals surface area contributed by atoms with Gasteiger partial charge in [-0.15, -0.1) is 11.3 Å². The average Bonchev–Trinajstić information content (AvgIpc) is 3.15. The van der Waals surface area contributed by atoms with E-state index < -0.39 is 0 Å². The van der Waals surface area contributed by atoms with Gasteiger partial charge in [-0.05, 0) is 33.0 Å². The monoisotopic (exact) mass is 403 g/mol. The first-order valence-electron chi connectivity index (χ1n) is 9.72. The number of likely N-dealkylation sites (N-methyl/N-ethyl adjacent to an activating group) is 1. The van der Waals surface area contributed by atoms with Crippen molar-refractivity contribution in [1.29, 1.82) is 0 Å². The fraction of sp³-hybridized carbons (Fsp3) is 0.524. The third-order valence-corrected chi connectivity index (χ3v) is 5.31. The summed E-state index contributed by atoms with van der Waals surface area (Å²) in [6, 6.07) is 8.31. The number of rotatable bonds is 9. The third kappa shape index (κ3) is 6.21.